The summed E-state index contributed by atoms with van der Waals surface area (Å²) in [6.07, 6.45) is -4.35. The number of aliphatic hydroxyl groups excluding tert-OH is 1. The maximum atomic E-state index is 12.9. The highest BCUT2D eigenvalue weighted by atomic mass is 19.4. The van der Waals surface area contributed by atoms with Crippen LogP contribution in [0.3, 0.4) is 0 Å². The Morgan fingerprint density at radius 2 is 1.88 bits per heavy atom. The highest BCUT2D eigenvalue weighted by Gasteiger charge is 2.33. The van der Waals surface area contributed by atoms with Crippen molar-refractivity contribution in [2.24, 2.45) is 5.41 Å². The molecular weight excluding hydrogens is 335 g/mol. The van der Waals surface area contributed by atoms with Gasteiger partial charge in [0.15, 0.2) is 0 Å². The molecule has 0 heterocycles. The van der Waals surface area contributed by atoms with Gasteiger partial charge in [-0.25, -0.2) is 4.79 Å². The van der Waals surface area contributed by atoms with Gasteiger partial charge in [-0.2, -0.15) is 13.2 Å². The standard InChI is InChI=1S/C18H26F3NO3/c1-5-17(12-23,11-22-15(24)25-16(2,3)4)10-13-7-6-8-14(9-13)18(19,20)21/h6-9,23H,5,10-12H2,1-4H3,(H,22,24). The van der Waals surface area contributed by atoms with Crippen LogP contribution in [0.4, 0.5) is 18.0 Å². The van der Waals surface area contributed by atoms with Crippen LogP contribution in [0, 0.1) is 5.41 Å². The maximum Gasteiger partial charge on any atom is 0.416 e. The average Bonchev–Trinajstić information content (AvgIpc) is 2.49. The van der Waals surface area contributed by atoms with Crippen LogP contribution in [0.15, 0.2) is 24.3 Å². The molecule has 7 heteroatoms. The fourth-order valence-corrected chi connectivity index (χ4v) is 2.40. The predicted octanol–water partition coefficient (Wildman–Crippen LogP) is 4.16. The van der Waals surface area contributed by atoms with E-state index in [1.54, 1.807) is 26.8 Å². The Labute approximate surface area is 146 Å². The molecule has 1 rings (SSSR count). The van der Waals surface area contributed by atoms with Gasteiger partial charge in [0.25, 0.3) is 0 Å². The third kappa shape index (κ3) is 6.94. The van der Waals surface area contributed by atoms with Gasteiger partial charge in [-0.15, -0.1) is 0 Å². The Balaban J connectivity index is 2.87. The SMILES string of the molecule is CCC(CO)(CNC(=O)OC(C)(C)C)Cc1cccc(C(F)(F)F)c1. The topological polar surface area (TPSA) is 58.6 Å². The molecule has 0 saturated carbocycles. The van der Waals surface area contributed by atoms with E-state index in [0.29, 0.717) is 12.0 Å². The summed E-state index contributed by atoms with van der Waals surface area (Å²) >= 11 is 0. The number of carbonyl (C=O) groups excluding carboxylic acids is 1. The van der Waals surface area contributed by atoms with E-state index in [1.165, 1.54) is 6.07 Å². The first-order valence-corrected chi connectivity index (χ1v) is 8.15. The first-order valence-electron chi connectivity index (χ1n) is 8.15. The molecule has 2 N–H and O–H groups in total. The Morgan fingerprint density at radius 3 is 2.36 bits per heavy atom. The summed E-state index contributed by atoms with van der Waals surface area (Å²) in [5.74, 6) is 0. The normalized spacial score (nSPS) is 14.7. The molecule has 1 aromatic rings. The smallest absolute Gasteiger partial charge is 0.416 e. The summed E-state index contributed by atoms with van der Waals surface area (Å²) in [4.78, 5) is 11.8. The first-order chi connectivity index (χ1) is 11.4. The number of aliphatic hydroxyl groups is 1. The van der Waals surface area contributed by atoms with Crippen LogP contribution in [-0.4, -0.2) is 30.0 Å². The third-order valence-electron chi connectivity index (χ3n) is 3.93. The zero-order valence-electron chi connectivity index (χ0n) is 15.0. The molecule has 1 amide bonds. The summed E-state index contributed by atoms with van der Waals surface area (Å²) in [6, 6.07) is 5.02. The van der Waals surface area contributed by atoms with Crippen molar-refractivity contribution < 1.29 is 27.8 Å². The van der Waals surface area contributed by atoms with Gasteiger partial charge in [0, 0.05) is 12.0 Å². The van der Waals surface area contributed by atoms with Gasteiger partial charge < -0.3 is 15.2 Å². The fourth-order valence-electron chi connectivity index (χ4n) is 2.40. The molecule has 142 valence electrons. The summed E-state index contributed by atoms with van der Waals surface area (Å²) in [5.41, 5.74) is -1.69. The number of halogens is 3. The van der Waals surface area contributed by atoms with Crippen LogP contribution < -0.4 is 5.32 Å². The van der Waals surface area contributed by atoms with Crippen LogP contribution >= 0.6 is 0 Å². The van der Waals surface area contributed by atoms with Crippen molar-refractivity contribution in [1.82, 2.24) is 5.32 Å². The van der Waals surface area contributed by atoms with E-state index < -0.39 is 28.8 Å². The van der Waals surface area contributed by atoms with E-state index in [0.717, 1.165) is 12.1 Å². The highest BCUT2D eigenvalue weighted by Crippen LogP contribution is 2.32. The van der Waals surface area contributed by atoms with Gasteiger partial charge in [-0.1, -0.05) is 25.1 Å². The number of benzene rings is 1. The molecule has 0 saturated heterocycles. The van der Waals surface area contributed by atoms with E-state index >= 15 is 0 Å². The van der Waals surface area contributed by atoms with Gasteiger partial charge in [-0.05, 0) is 45.2 Å². The first kappa shape index (κ1) is 21.3. The van der Waals surface area contributed by atoms with E-state index in [-0.39, 0.29) is 19.6 Å². The molecule has 1 aromatic carbocycles. The second kappa shape index (κ2) is 8.08. The van der Waals surface area contributed by atoms with Crippen molar-refractivity contribution in [3.8, 4) is 0 Å². The zero-order chi connectivity index (χ0) is 19.3. The number of alkyl carbamates (subject to hydrolysis) is 1. The lowest BCUT2D eigenvalue weighted by Gasteiger charge is -2.32. The quantitative estimate of drug-likeness (QED) is 0.800. The number of ether oxygens (including phenoxy) is 1. The molecule has 0 spiro atoms. The Bertz CT molecular complexity index is 576. The van der Waals surface area contributed by atoms with Gasteiger partial charge in [-0.3, -0.25) is 0 Å². The van der Waals surface area contributed by atoms with Gasteiger partial charge in [0.2, 0.25) is 0 Å². The number of hydrogen-bond acceptors (Lipinski definition) is 3. The van der Waals surface area contributed by atoms with Crippen LogP contribution in [0.5, 0.6) is 0 Å². The van der Waals surface area contributed by atoms with E-state index in [1.807, 2.05) is 6.92 Å². The maximum absolute atomic E-state index is 12.9. The lowest BCUT2D eigenvalue weighted by molar-refractivity contribution is -0.137. The average molecular weight is 361 g/mol. The van der Waals surface area contributed by atoms with Crippen molar-refractivity contribution >= 4 is 6.09 Å². The summed E-state index contributed by atoms with van der Waals surface area (Å²) in [7, 11) is 0. The van der Waals surface area contributed by atoms with Crippen molar-refractivity contribution in [2.45, 2.75) is 52.3 Å². The van der Waals surface area contributed by atoms with Crippen molar-refractivity contribution in [2.75, 3.05) is 13.2 Å². The monoisotopic (exact) mass is 361 g/mol. The predicted molar refractivity (Wildman–Crippen MR) is 89.2 cm³/mol. The molecular formula is C18H26F3NO3. The molecule has 25 heavy (non-hydrogen) atoms. The number of nitrogens with one attached hydrogen (secondary N) is 1. The number of rotatable bonds is 6. The molecule has 1 unspecified atom stereocenters. The highest BCUT2D eigenvalue weighted by molar-refractivity contribution is 5.67. The third-order valence-corrected chi connectivity index (χ3v) is 3.93. The lowest BCUT2D eigenvalue weighted by atomic mass is 9.79. The summed E-state index contributed by atoms with van der Waals surface area (Å²) in [5, 5.41) is 12.4. The Hall–Kier alpha value is -1.76. The van der Waals surface area contributed by atoms with Gasteiger partial charge >= 0.3 is 12.3 Å². The molecule has 0 aromatic heterocycles. The minimum absolute atomic E-state index is 0.102. The van der Waals surface area contributed by atoms with Crippen molar-refractivity contribution in [3.05, 3.63) is 35.4 Å². The van der Waals surface area contributed by atoms with Crippen molar-refractivity contribution in [3.63, 3.8) is 0 Å². The zero-order valence-corrected chi connectivity index (χ0v) is 15.0. The molecule has 1 atom stereocenters. The minimum Gasteiger partial charge on any atom is -0.444 e. The Kier molecular flexibility index (Phi) is 6.88. The molecule has 4 nitrogen and oxygen atoms in total. The second-order valence-corrected chi connectivity index (χ2v) is 7.24. The Morgan fingerprint density at radius 1 is 1.24 bits per heavy atom. The van der Waals surface area contributed by atoms with Crippen LogP contribution in [0.25, 0.3) is 0 Å². The lowest BCUT2D eigenvalue weighted by Crippen LogP contribution is -2.43. The minimum atomic E-state index is -4.42. The number of alkyl halides is 3. The summed E-state index contributed by atoms with van der Waals surface area (Å²) in [6.45, 7) is 6.85. The molecule has 0 radical (unpaired) electrons. The molecule has 0 aliphatic heterocycles. The number of hydrogen-bond donors (Lipinski definition) is 2. The molecule has 0 aliphatic carbocycles. The second-order valence-electron chi connectivity index (χ2n) is 7.24. The molecule has 0 bridgehead atoms. The number of amides is 1. The van der Waals surface area contributed by atoms with Crippen molar-refractivity contribution in [1.29, 1.82) is 0 Å². The largest absolute Gasteiger partial charge is 0.444 e. The molecule has 0 fully saturated rings. The van der Waals surface area contributed by atoms with Gasteiger partial charge in [0.05, 0.1) is 12.2 Å². The molecule has 0 aliphatic rings. The van der Waals surface area contributed by atoms with Crippen LogP contribution in [-0.2, 0) is 17.3 Å². The van der Waals surface area contributed by atoms with E-state index in [9.17, 15) is 23.1 Å². The summed E-state index contributed by atoms with van der Waals surface area (Å²) < 4.78 is 43.7. The van der Waals surface area contributed by atoms with Gasteiger partial charge in [0.1, 0.15) is 5.60 Å². The van der Waals surface area contributed by atoms with Crippen LogP contribution in [0.2, 0.25) is 0 Å². The van der Waals surface area contributed by atoms with E-state index in [4.69, 9.17) is 4.74 Å². The van der Waals surface area contributed by atoms with Crippen LogP contribution in [0.1, 0.15) is 45.2 Å². The number of carbonyl (C=O) groups is 1. The fraction of sp³-hybridized carbons (Fsp3) is 0.611. The van der Waals surface area contributed by atoms with E-state index in [2.05, 4.69) is 5.32 Å².